The second kappa shape index (κ2) is 9.74. The van der Waals surface area contributed by atoms with Gasteiger partial charge in [-0.15, -0.1) is 10.2 Å². The zero-order valence-corrected chi connectivity index (χ0v) is 17.5. The molecule has 3 aromatic rings. The van der Waals surface area contributed by atoms with Gasteiger partial charge in [-0.2, -0.15) is 0 Å². The molecule has 0 bridgehead atoms. The predicted molar refractivity (Wildman–Crippen MR) is 119 cm³/mol. The zero-order chi connectivity index (χ0) is 21.6. The van der Waals surface area contributed by atoms with Crippen molar-refractivity contribution in [2.24, 2.45) is 0 Å². The first-order chi connectivity index (χ1) is 15.1. The van der Waals surface area contributed by atoms with E-state index in [-0.39, 0.29) is 17.5 Å². The van der Waals surface area contributed by atoms with E-state index in [9.17, 15) is 13.6 Å². The fourth-order valence-corrected chi connectivity index (χ4v) is 3.92. The van der Waals surface area contributed by atoms with Crippen LogP contribution in [0.4, 0.5) is 26.0 Å². The van der Waals surface area contributed by atoms with Crippen LogP contribution in [0.3, 0.4) is 0 Å². The van der Waals surface area contributed by atoms with Gasteiger partial charge in [0.1, 0.15) is 16.7 Å². The van der Waals surface area contributed by atoms with Crippen LogP contribution in [0, 0.1) is 11.6 Å². The Morgan fingerprint density at radius 1 is 0.903 bits per heavy atom. The maximum atomic E-state index is 13.2. The highest BCUT2D eigenvalue weighted by Gasteiger charge is 2.19. The lowest BCUT2D eigenvalue weighted by molar-refractivity contribution is -0.113. The third kappa shape index (κ3) is 5.69. The molecule has 0 aliphatic carbocycles. The first-order valence-electron chi connectivity index (χ1n) is 9.84. The van der Waals surface area contributed by atoms with Crippen LogP contribution in [-0.2, 0) is 4.79 Å². The largest absolute Gasteiger partial charge is 0.368 e. The van der Waals surface area contributed by atoms with Crippen LogP contribution in [0.1, 0.15) is 0 Å². The molecule has 1 saturated heterocycles. The van der Waals surface area contributed by atoms with Crippen molar-refractivity contribution < 1.29 is 13.6 Å². The number of carbonyl (C=O) groups is 1. The number of hydrogen-bond acceptors (Lipinski definition) is 6. The molecule has 1 N–H and O–H groups in total. The summed E-state index contributed by atoms with van der Waals surface area (Å²) >= 11 is 1.27. The van der Waals surface area contributed by atoms with Gasteiger partial charge in [-0.3, -0.25) is 4.79 Å². The number of thioether (sulfide) groups is 1. The monoisotopic (exact) mass is 441 g/mol. The molecule has 160 valence electrons. The number of rotatable bonds is 6. The van der Waals surface area contributed by atoms with Crippen LogP contribution in [-0.4, -0.2) is 48.0 Å². The molecule has 6 nitrogen and oxygen atoms in total. The Labute approximate surface area is 183 Å². The molecular weight excluding hydrogens is 420 g/mol. The normalized spacial score (nSPS) is 13.9. The molecular formula is C22H21F2N5OS. The third-order valence-corrected chi connectivity index (χ3v) is 5.80. The predicted octanol–water partition coefficient (Wildman–Crippen LogP) is 3.81. The summed E-state index contributed by atoms with van der Waals surface area (Å²) in [6.07, 6.45) is 0. The van der Waals surface area contributed by atoms with Crippen LogP contribution in [0.25, 0.3) is 0 Å². The summed E-state index contributed by atoms with van der Waals surface area (Å²) in [6.45, 7) is 3.19. The van der Waals surface area contributed by atoms with Crippen molar-refractivity contribution in [3.8, 4) is 0 Å². The van der Waals surface area contributed by atoms with E-state index in [2.05, 4.69) is 25.3 Å². The van der Waals surface area contributed by atoms with Crippen molar-refractivity contribution in [2.75, 3.05) is 47.0 Å². The quantitative estimate of drug-likeness (QED) is 0.587. The first-order valence-corrected chi connectivity index (χ1v) is 10.8. The van der Waals surface area contributed by atoms with Crippen molar-refractivity contribution in [2.45, 2.75) is 5.03 Å². The number of hydrogen-bond donors (Lipinski definition) is 1. The van der Waals surface area contributed by atoms with Gasteiger partial charge < -0.3 is 15.1 Å². The molecule has 9 heteroatoms. The zero-order valence-electron chi connectivity index (χ0n) is 16.7. The Hall–Kier alpha value is -3.20. The SMILES string of the molecule is O=C(CSc1ccc(N2CCN(c3ccc(F)cc3)CC2)nn1)Nc1cccc(F)c1. The molecule has 2 heterocycles. The Morgan fingerprint density at radius 3 is 2.32 bits per heavy atom. The number of carbonyl (C=O) groups excluding carboxylic acids is 1. The third-order valence-electron chi connectivity index (χ3n) is 4.88. The molecule has 0 radical (unpaired) electrons. The van der Waals surface area contributed by atoms with Crippen molar-refractivity contribution in [1.82, 2.24) is 10.2 Å². The molecule has 0 saturated carbocycles. The van der Waals surface area contributed by atoms with E-state index in [1.54, 1.807) is 24.3 Å². The molecule has 0 spiro atoms. The van der Waals surface area contributed by atoms with Crippen LogP contribution < -0.4 is 15.1 Å². The summed E-state index contributed by atoms with van der Waals surface area (Å²) in [6, 6.07) is 16.0. The summed E-state index contributed by atoms with van der Waals surface area (Å²) in [5.41, 5.74) is 1.43. The van der Waals surface area contributed by atoms with Gasteiger partial charge in [0.25, 0.3) is 0 Å². The molecule has 4 rings (SSSR count). The fourth-order valence-electron chi connectivity index (χ4n) is 3.31. The topological polar surface area (TPSA) is 61.4 Å². The Bertz CT molecular complexity index is 1020. The Morgan fingerprint density at radius 2 is 1.65 bits per heavy atom. The molecule has 0 unspecified atom stereocenters. The van der Waals surface area contributed by atoms with Crippen LogP contribution in [0.5, 0.6) is 0 Å². The van der Waals surface area contributed by atoms with E-state index in [1.165, 1.54) is 36.0 Å². The molecule has 1 aliphatic heterocycles. The molecule has 1 aromatic heterocycles. The minimum Gasteiger partial charge on any atom is -0.368 e. The van der Waals surface area contributed by atoms with E-state index >= 15 is 0 Å². The van der Waals surface area contributed by atoms with E-state index in [1.807, 2.05) is 12.1 Å². The number of halogens is 2. The van der Waals surface area contributed by atoms with Gasteiger partial charge >= 0.3 is 0 Å². The summed E-state index contributed by atoms with van der Waals surface area (Å²) in [4.78, 5) is 16.4. The molecule has 1 amide bonds. The van der Waals surface area contributed by atoms with E-state index in [0.717, 1.165) is 37.7 Å². The van der Waals surface area contributed by atoms with Crippen LogP contribution >= 0.6 is 11.8 Å². The maximum absolute atomic E-state index is 13.2. The smallest absolute Gasteiger partial charge is 0.234 e. The van der Waals surface area contributed by atoms with Gasteiger partial charge in [0.15, 0.2) is 5.82 Å². The lowest BCUT2D eigenvalue weighted by atomic mass is 10.2. The van der Waals surface area contributed by atoms with Gasteiger partial charge in [-0.1, -0.05) is 17.8 Å². The summed E-state index contributed by atoms with van der Waals surface area (Å²) in [5.74, 6) is 0.0686. The Kier molecular flexibility index (Phi) is 6.61. The highest BCUT2D eigenvalue weighted by atomic mass is 32.2. The minimum atomic E-state index is -0.398. The molecule has 1 aliphatic rings. The number of amides is 1. The van der Waals surface area contributed by atoms with Gasteiger partial charge in [-0.25, -0.2) is 8.78 Å². The van der Waals surface area contributed by atoms with Gasteiger partial charge in [0.2, 0.25) is 5.91 Å². The Balaban J connectivity index is 1.25. The van der Waals surface area contributed by atoms with E-state index in [4.69, 9.17) is 0 Å². The van der Waals surface area contributed by atoms with Crippen LogP contribution in [0.15, 0.2) is 65.7 Å². The lowest BCUT2D eigenvalue weighted by Crippen LogP contribution is -2.46. The van der Waals surface area contributed by atoms with Crippen molar-refractivity contribution >= 4 is 34.9 Å². The minimum absolute atomic E-state index is 0.154. The maximum Gasteiger partial charge on any atom is 0.234 e. The van der Waals surface area contributed by atoms with E-state index in [0.29, 0.717) is 10.7 Å². The number of piperazine rings is 1. The van der Waals surface area contributed by atoms with Crippen molar-refractivity contribution in [3.05, 3.63) is 72.3 Å². The number of nitrogens with one attached hydrogen (secondary N) is 1. The number of nitrogens with zero attached hydrogens (tertiary/aromatic N) is 4. The average Bonchev–Trinajstić information content (AvgIpc) is 2.79. The fraction of sp³-hybridized carbons (Fsp3) is 0.227. The van der Waals surface area contributed by atoms with Gasteiger partial charge in [0.05, 0.1) is 5.75 Å². The molecule has 0 atom stereocenters. The number of anilines is 3. The van der Waals surface area contributed by atoms with Crippen molar-refractivity contribution in [3.63, 3.8) is 0 Å². The summed E-state index contributed by atoms with van der Waals surface area (Å²) in [5, 5.41) is 11.8. The summed E-state index contributed by atoms with van der Waals surface area (Å²) < 4.78 is 26.3. The second-order valence-electron chi connectivity index (χ2n) is 7.03. The van der Waals surface area contributed by atoms with Gasteiger partial charge in [-0.05, 0) is 54.6 Å². The number of benzene rings is 2. The van der Waals surface area contributed by atoms with Crippen molar-refractivity contribution in [1.29, 1.82) is 0 Å². The van der Waals surface area contributed by atoms with Gasteiger partial charge in [0, 0.05) is 37.6 Å². The first kappa shape index (κ1) is 21.0. The highest BCUT2D eigenvalue weighted by Crippen LogP contribution is 2.21. The number of aromatic nitrogens is 2. The summed E-state index contributed by atoms with van der Waals surface area (Å²) in [7, 11) is 0. The standard InChI is InChI=1S/C22H21F2N5OS/c23-16-4-6-19(7-5-16)28-10-12-29(13-11-28)20-8-9-22(27-26-20)31-15-21(30)25-18-3-1-2-17(24)14-18/h1-9,14H,10-13,15H2,(H,25,30). The second-order valence-corrected chi connectivity index (χ2v) is 8.02. The van der Waals surface area contributed by atoms with E-state index < -0.39 is 5.82 Å². The molecule has 2 aromatic carbocycles. The average molecular weight is 442 g/mol. The molecule has 31 heavy (non-hydrogen) atoms. The van der Waals surface area contributed by atoms with Crippen LogP contribution in [0.2, 0.25) is 0 Å². The lowest BCUT2D eigenvalue weighted by Gasteiger charge is -2.36. The molecule has 1 fully saturated rings. The highest BCUT2D eigenvalue weighted by molar-refractivity contribution is 7.99.